The van der Waals surface area contributed by atoms with Gasteiger partial charge in [-0.15, -0.1) is 24.0 Å². The normalized spacial score (nSPS) is 19.5. The first-order chi connectivity index (χ1) is 14.1. The Hall–Kier alpha value is -0.920. The molecule has 0 atom stereocenters. The zero-order valence-electron chi connectivity index (χ0n) is 17.7. The van der Waals surface area contributed by atoms with Crippen molar-refractivity contribution in [2.24, 2.45) is 4.99 Å². The lowest BCUT2D eigenvalue weighted by molar-refractivity contribution is 0.0276. The molecule has 1 aliphatic carbocycles. The maximum Gasteiger partial charge on any atom is 0.220 e. The third-order valence-corrected chi connectivity index (χ3v) is 7.29. The van der Waals surface area contributed by atoms with Crippen LogP contribution in [0.5, 0.6) is 0 Å². The summed E-state index contributed by atoms with van der Waals surface area (Å²) in [5, 5.41) is 7.07. The SMILES string of the molecule is CN=C(NCCCOC1CCCCC1)N1CCN(S(=O)(=O)Cc2ccon2)CC1.I. The fourth-order valence-corrected chi connectivity index (χ4v) is 5.28. The van der Waals surface area contributed by atoms with Crippen LogP contribution in [0.1, 0.15) is 44.2 Å². The second-order valence-electron chi connectivity index (χ2n) is 7.59. The molecular weight excluding hydrogens is 521 g/mol. The summed E-state index contributed by atoms with van der Waals surface area (Å²) in [4.78, 5) is 6.45. The van der Waals surface area contributed by atoms with Gasteiger partial charge >= 0.3 is 0 Å². The molecule has 0 spiro atoms. The van der Waals surface area contributed by atoms with Gasteiger partial charge in [0.25, 0.3) is 0 Å². The Morgan fingerprint density at radius 2 is 2.00 bits per heavy atom. The second kappa shape index (κ2) is 12.8. The summed E-state index contributed by atoms with van der Waals surface area (Å²) in [6.45, 7) is 3.65. The van der Waals surface area contributed by atoms with E-state index in [2.05, 4.69) is 20.4 Å². The molecular formula is C19H34IN5O4S. The summed E-state index contributed by atoms with van der Waals surface area (Å²) >= 11 is 0. The number of halogens is 1. The van der Waals surface area contributed by atoms with Crippen molar-refractivity contribution in [2.45, 2.75) is 50.4 Å². The average Bonchev–Trinajstić information content (AvgIpc) is 3.24. The fraction of sp³-hybridized carbons (Fsp3) is 0.789. The number of hydrogen-bond acceptors (Lipinski definition) is 6. The van der Waals surface area contributed by atoms with Crippen molar-refractivity contribution in [3.63, 3.8) is 0 Å². The van der Waals surface area contributed by atoms with Crippen LogP contribution in [0.4, 0.5) is 0 Å². The van der Waals surface area contributed by atoms with Crippen molar-refractivity contribution in [2.75, 3.05) is 46.4 Å². The Bertz CT molecular complexity index is 730. The van der Waals surface area contributed by atoms with Gasteiger partial charge in [0.15, 0.2) is 5.96 Å². The van der Waals surface area contributed by atoms with Crippen molar-refractivity contribution in [1.82, 2.24) is 19.7 Å². The van der Waals surface area contributed by atoms with Crippen LogP contribution in [0.2, 0.25) is 0 Å². The predicted molar refractivity (Wildman–Crippen MR) is 126 cm³/mol. The van der Waals surface area contributed by atoms with Crippen LogP contribution in [0, 0.1) is 0 Å². The minimum atomic E-state index is -3.39. The number of ether oxygens (including phenoxy) is 1. The van der Waals surface area contributed by atoms with E-state index in [4.69, 9.17) is 9.26 Å². The molecule has 0 radical (unpaired) electrons. The number of piperazine rings is 1. The Labute approximate surface area is 196 Å². The van der Waals surface area contributed by atoms with Gasteiger partial charge in [-0.25, -0.2) is 8.42 Å². The van der Waals surface area contributed by atoms with Crippen molar-refractivity contribution in [3.05, 3.63) is 18.0 Å². The number of sulfonamides is 1. The summed E-state index contributed by atoms with van der Waals surface area (Å²) in [6.07, 6.45) is 9.06. The second-order valence-corrected chi connectivity index (χ2v) is 9.56. The number of aliphatic imine (C=N–C) groups is 1. The van der Waals surface area contributed by atoms with E-state index in [1.807, 2.05) is 0 Å². The zero-order valence-corrected chi connectivity index (χ0v) is 20.8. The Morgan fingerprint density at radius 3 is 2.63 bits per heavy atom. The summed E-state index contributed by atoms with van der Waals surface area (Å²) in [7, 11) is -1.63. The summed E-state index contributed by atoms with van der Waals surface area (Å²) in [5.74, 6) is 0.688. The van der Waals surface area contributed by atoms with Crippen LogP contribution in [-0.2, 0) is 20.5 Å². The van der Waals surface area contributed by atoms with E-state index in [0.717, 1.165) is 25.5 Å². The van der Waals surface area contributed by atoms with E-state index in [1.165, 1.54) is 42.7 Å². The molecule has 2 aliphatic rings. The van der Waals surface area contributed by atoms with Gasteiger partial charge in [0.1, 0.15) is 12.0 Å². The number of aromatic nitrogens is 1. The topological polar surface area (TPSA) is 100 Å². The highest BCUT2D eigenvalue weighted by Gasteiger charge is 2.28. The first-order valence-electron chi connectivity index (χ1n) is 10.5. The standard InChI is InChI=1S/C19H33N5O4S.HI/c1-20-19(21-9-5-14-27-18-6-3-2-4-7-18)23-10-12-24(13-11-23)29(25,26)16-17-8-15-28-22-17;/h8,15,18H,2-7,9-14,16H2,1H3,(H,20,21);1H. The van der Waals surface area contributed by atoms with E-state index in [9.17, 15) is 8.42 Å². The molecule has 1 saturated carbocycles. The number of hydrogen-bond donors (Lipinski definition) is 1. The zero-order chi connectivity index (χ0) is 20.5. The van der Waals surface area contributed by atoms with Crippen LogP contribution in [0.3, 0.4) is 0 Å². The maximum atomic E-state index is 12.5. The van der Waals surface area contributed by atoms with Gasteiger partial charge in [0, 0.05) is 52.4 Å². The average molecular weight is 555 g/mol. The third-order valence-electron chi connectivity index (χ3n) is 5.47. The van der Waals surface area contributed by atoms with E-state index in [0.29, 0.717) is 38.0 Å². The molecule has 0 bridgehead atoms. The Kier molecular flexibility index (Phi) is 10.8. The van der Waals surface area contributed by atoms with E-state index < -0.39 is 10.0 Å². The molecule has 0 amide bonds. The molecule has 3 rings (SSSR count). The lowest BCUT2D eigenvalue weighted by Gasteiger charge is -2.35. The van der Waals surface area contributed by atoms with Crippen molar-refractivity contribution < 1.29 is 17.7 Å². The maximum absolute atomic E-state index is 12.5. The van der Waals surface area contributed by atoms with Gasteiger partial charge in [0.2, 0.25) is 10.0 Å². The highest BCUT2D eigenvalue weighted by atomic mass is 127. The molecule has 1 N–H and O–H groups in total. The lowest BCUT2D eigenvalue weighted by Crippen LogP contribution is -2.54. The lowest BCUT2D eigenvalue weighted by atomic mass is 9.98. The minimum absolute atomic E-state index is 0. The Morgan fingerprint density at radius 1 is 1.27 bits per heavy atom. The third kappa shape index (κ3) is 7.65. The molecule has 172 valence electrons. The van der Waals surface area contributed by atoms with Crippen molar-refractivity contribution >= 4 is 40.0 Å². The van der Waals surface area contributed by atoms with Crippen LogP contribution in [0.15, 0.2) is 21.8 Å². The van der Waals surface area contributed by atoms with Gasteiger partial charge < -0.3 is 19.5 Å². The molecule has 0 unspecified atom stereocenters. The minimum Gasteiger partial charge on any atom is -0.378 e. The Balaban J connectivity index is 0.00000320. The molecule has 1 saturated heterocycles. The molecule has 9 nitrogen and oxygen atoms in total. The molecule has 1 aromatic rings. The van der Waals surface area contributed by atoms with Gasteiger partial charge in [-0.2, -0.15) is 4.31 Å². The summed E-state index contributed by atoms with van der Waals surface area (Å²) in [6, 6.07) is 1.58. The van der Waals surface area contributed by atoms with Crippen LogP contribution < -0.4 is 5.32 Å². The number of rotatable bonds is 8. The summed E-state index contributed by atoms with van der Waals surface area (Å²) < 4.78 is 37.3. The highest BCUT2D eigenvalue weighted by molar-refractivity contribution is 14.0. The quantitative estimate of drug-likeness (QED) is 0.227. The number of guanidine groups is 1. The van der Waals surface area contributed by atoms with E-state index >= 15 is 0 Å². The molecule has 11 heteroatoms. The number of nitrogens with one attached hydrogen (secondary N) is 1. The largest absolute Gasteiger partial charge is 0.378 e. The first-order valence-corrected chi connectivity index (χ1v) is 12.1. The van der Waals surface area contributed by atoms with Crippen LogP contribution in [0.25, 0.3) is 0 Å². The molecule has 0 aromatic carbocycles. The van der Waals surface area contributed by atoms with Gasteiger partial charge in [-0.1, -0.05) is 24.4 Å². The molecule has 30 heavy (non-hydrogen) atoms. The molecule has 1 aromatic heterocycles. The van der Waals surface area contributed by atoms with Gasteiger partial charge in [-0.05, 0) is 19.3 Å². The van der Waals surface area contributed by atoms with Crippen molar-refractivity contribution in [3.8, 4) is 0 Å². The monoisotopic (exact) mass is 555 g/mol. The smallest absolute Gasteiger partial charge is 0.220 e. The molecule has 1 aliphatic heterocycles. The van der Waals surface area contributed by atoms with Crippen LogP contribution >= 0.6 is 24.0 Å². The van der Waals surface area contributed by atoms with E-state index in [1.54, 1.807) is 13.1 Å². The first kappa shape index (κ1) is 25.3. The van der Waals surface area contributed by atoms with Gasteiger partial charge in [-0.3, -0.25) is 4.99 Å². The predicted octanol–water partition coefficient (Wildman–Crippen LogP) is 2.05. The summed E-state index contributed by atoms with van der Waals surface area (Å²) in [5.41, 5.74) is 0.431. The van der Waals surface area contributed by atoms with Crippen LogP contribution in [-0.4, -0.2) is 81.2 Å². The fourth-order valence-electron chi connectivity index (χ4n) is 3.85. The van der Waals surface area contributed by atoms with Gasteiger partial charge in [0.05, 0.1) is 11.8 Å². The van der Waals surface area contributed by atoms with Crippen molar-refractivity contribution in [1.29, 1.82) is 0 Å². The number of nitrogens with zero attached hydrogens (tertiary/aromatic N) is 4. The highest BCUT2D eigenvalue weighted by Crippen LogP contribution is 2.20. The molecule has 2 heterocycles. The van der Waals surface area contributed by atoms with E-state index in [-0.39, 0.29) is 29.7 Å². The molecule has 2 fully saturated rings.